The SMILES string of the molecule is Cc1cccc(C)c1S(=O)(=O)NCCNc1cnccn1. The summed E-state index contributed by atoms with van der Waals surface area (Å²) in [6, 6.07) is 5.43. The van der Waals surface area contributed by atoms with E-state index in [2.05, 4.69) is 20.0 Å². The minimum absolute atomic E-state index is 0.271. The fourth-order valence-electron chi connectivity index (χ4n) is 2.06. The Balaban J connectivity index is 1.96. The fourth-order valence-corrected chi connectivity index (χ4v) is 3.56. The Morgan fingerprint density at radius 1 is 1.10 bits per heavy atom. The van der Waals surface area contributed by atoms with Crippen LogP contribution in [0.25, 0.3) is 0 Å². The van der Waals surface area contributed by atoms with Gasteiger partial charge in [0.15, 0.2) is 0 Å². The van der Waals surface area contributed by atoms with Gasteiger partial charge >= 0.3 is 0 Å². The van der Waals surface area contributed by atoms with Gasteiger partial charge in [0.2, 0.25) is 10.0 Å². The van der Waals surface area contributed by atoms with Crippen molar-refractivity contribution in [3.05, 3.63) is 47.9 Å². The first-order chi connectivity index (χ1) is 10.0. The molecular weight excluding hydrogens is 288 g/mol. The number of rotatable bonds is 6. The molecule has 0 unspecified atom stereocenters. The van der Waals surface area contributed by atoms with E-state index in [-0.39, 0.29) is 6.54 Å². The van der Waals surface area contributed by atoms with Gasteiger partial charge in [-0.25, -0.2) is 18.1 Å². The second kappa shape index (κ2) is 6.64. The van der Waals surface area contributed by atoms with Crippen LogP contribution in [0.1, 0.15) is 11.1 Å². The van der Waals surface area contributed by atoms with Gasteiger partial charge in [-0.05, 0) is 25.0 Å². The number of nitrogens with zero attached hydrogens (tertiary/aromatic N) is 2. The van der Waals surface area contributed by atoms with Gasteiger partial charge in [0.25, 0.3) is 0 Å². The first-order valence-corrected chi connectivity index (χ1v) is 8.05. The second-order valence-electron chi connectivity index (χ2n) is 4.64. The van der Waals surface area contributed by atoms with Gasteiger partial charge in [0.1, 0.15) is 5.82 Å². The molecule has 112 valence electrons. The lowest BCUT2D eigenvalue weighted by Gasteiger charge is -2.12. The summed E-state index contributed by atoms with van der Waals surface area (Å²) in [5.41, 5.74) is 1.48. The highest BCUT2D eigenvalue weighted by molar-refractivity contribution is 7.89. The molecule has 0 aliphatic carbocycles. The molecule has 0 spiro atoms. The van der Waals surface area contributed by atoms with E-state index in [0.717, 1.165) is 11.1 Å². The molecule has 6 nitrogen and oxygen atoms in total. The van der Waals surface area contributed by atoms with Crippen LogP contribution in [0.15, 0.2) is 41.7 Å². The summed E-state index contributed by atoms with van der Waals surface area (Å²) < 4.78 is 27.2. The molecule has 7 heteroatoms. The van der Waals surface area contributed by atoms with Crippen molar-refractivity contribution < 1.29 is 8.42 Å². The average molecular weight is 306 g/mol. The van der Waals surface area contributed by atoms with E-state index in [1.807, 2.05) is 6.07 Å². The van der Waals surface area contributed by atoms with Crippen molar-refractivity contribution in [2.45, 2.75) is 18.7 Å². The lowest BCUT2D eigenvalue weighted by atomic mass is 10.2. The lowest BCUT2D eigenvalue weighted by Crippen LogP contribution is -2.30. The number of hydrogen-bond acceptors (Lipinski definition) is 5. The molecule has 0 bridgehead atoms. The Hall–Kier alpha value is -1.99. The summed E-state index contributed by atoms with van der Waals surface area (Å²) in [5.74, 6) is 0.615. The largest absolute Gasteiger partial charge is 0.367 e. The van der Waals surface area contributed by atoms with Crippen LogP contribution >= 0.6 is 0 Å². The molecule has 0 saturated carbocycles. The highest BCUT2D eigenvalue weighted by Crippen LogP contribution is 2.18. The van der Waals surface area contributed by atoms with E-state index in [0.29, 0.717) is 17.3 Å². The summed E-state index contributed by atoms with van der Waals surface area (Å²) in [6.45, 7) is 4.29. The van der Waals surface area contributed by atoms with Crippen molar-refractivity contribution in [2.75, 3.05) is 18.4 Å². The highest BCUT2D eigenvalue weighted by Gasteiger charge is 2.18. The van der Waals surface area contributed by atoms with Gasteiger partial charge < -0.3 is 5.32 Å². The van der Waals surface area contributed by atoms with Crippen molar-refractivity contribution in [2.24, 2.45) is 0 Å². The zero-order valence-corrected chi connectivity index (χ0v) is 12.8. The molecule has 0 aliphatic heterocycles. The van der Waals surface area contributed by atoms with Crippen molar-refractivity contribution in [3.63, 3.8) is 0 Å². The Morgan fingerprint density at radius 2 is 1.81 bits per heavy atom. The molecule has 1 heterocycles. The molecule has 0 fully saturated rings. The predicted molar refractivity (Wildman–Crippen MR) is 81.6 cm³/mol. The summed E-state index contributed by atoms with van der Waals surface area (Å²) in [5, 5.41) is 3.00. The normalized spacial score (nSPS) is 11.3. The summed E-state index contributed by atoms with van der Waals surface area (Å²) in [7, 11) is -3.50. The van der Waals surface area contributed by atoms with E-state index in [1.54, 1.807) is 44.6 Å². The van der Waals surface area contributed by atoms with Crippen LogP contribution in [-0.4, -0.2) is 31.5 Å². The number of hydrogen-bond donors (Lipinski definition) is 2. The maximum absolute atomic E-state index is 12.3. The second-order valence-corrected chi connectivity index (χ2v) is 6.34. The summed E-state index contributed by atoms with van der Waals surface area (Å²) in [6.07, 6.45) is 4.73. The Kier molecular flexibility index (Phi) is 4.87. The monoisotopic (exact) mass is 306 g/mol. The van der Waals surface area contributed by atoms with Gasteiger partial charge in [0.05, 0.1) is 11.1 Å². The minimum atomic E-state index is -3.50. The Morgan fingerprint density at radius 3 is 2.43 bits per heavy atom. The van der Waals surface area contributed by atoms with E-state index in [9.17, 15) is 8.42 Å². The summed E-state index contributed by atoms with van der Waals surface area (Å²) >= 11 is 0. The molecule has 0 amide bonds. The zero-order valence-electron chi connectivity index (χ0n) is 12.0. The number of benzene rings is 1. The molecule has 0 radical (unpaired) electrons. The topological polar surface area (TPSA) is 84.0 Å². The number of sulfonamides is 1. The smallest absolute Gasteiger partial charge is 0.241 e. The van der Waals surface area contributed by atoms with Gasteiger partial charge in [-0.15, -0.1) is 0 Å². The van der Waals surface area contributed by atoms with E-state index >= 15 is 0 Å². The highest BCUT2D eigenvalue weighted by atomic mass is 32.2. The zero-order chi connectivity index (χ0) is 15.3. The molecule has 1 aromatic heterocycles. The third kappa shape index (κ3) is 3.99. The van der Waals surface area contributed by atoms with Crippen LogP contribution < -0.4 is 10.0 Å². The van der Waals surface area contributed by atoms with E-state index in [1.165, 1.54) is 0 Å². The van der Waals surface area contributed by atoms with Crippen LogP contribution in [0, 0.1) is 13.8 Å². The van der Waals surface area contributed by atoms with E-state index in [4.69, 9.17) is 0 Å². The molecule has 2 rings (SSSR count). The first-order valence-electron chi connectivity index (χ1n) is 6.56. The molecule has 21 heavy (non-hydrogen) atoms. The van der Waals surface area contributed by atoms with Gasteiger partial charge in [0, 0.05) is 25.5 Å². The van der Waals surface area contributed by atoms with Crippen molar-refractivity contribution in [1.82, 2.24) is 14.7 Å². The quantitative estimate of drug-likeness (QED) is 0.790. The molecule has 0 aliphatic rings. The lowest BCUT2D eigenvalue weighted by molar-refractivity contribution is 0.581. The molecule has 2 aromatic rings. The maximum Gasteiger partial charge on any atom is 0.241 e. The fraction of sp³-hybridized carbons (Fsp3) is 0.286. The van der Waals surface area contributed by atoms with Crippen LogP contribution in [0.2, 0.25) is 0 Å². The molecule has 2 N–H and O–H groups in total. The predicted octanol–water partition coefficient (Wildman–Crippen LogP) is 1.48. The maximum atomic E-state index is 12.3. The van der Waals surface area contributed by atoms with E-state index < -0.39 is 10.0 Å². The van der Waals surface area contributed by atoms with Gasteiger partial charge in [-0.1, -0.05) is 18.2 Å². The van der Waals surface area contributed by atoms with Gasteiger partial charge in [-0.2, -0.15) is 0 Å². The average Bonchev–Trinajstić information content (AvgIpc) is 2.44. The molecular formula is C14H18N4O2S. The number of aryl methyl sites for hydroxylation is 2. The first kappa shape index (κ1) is 15.4. The van der Waals surface area contributed by atoms with Crippen molar-refractivity contribution in [3.8, 4) is 0 Å². The Labute approximate surface area is 124 Å². The molecule has 0 atom stereocenters. The number of aromatic nitrogens is 2. The van der Waals surface area contributed by atoms with Crippen LogP contribution in [0.5, 0.6) is 0 Å². The summed E-state index contributed by atoms with van der Waals surface area (Å²) in [4.78, 5) is 8.32. The third-order valence-electron chi connectivity index (χ3n) is 2.96. The van der Waals surface area contributed by atoms with Crippen molar-refractivity contribution in [1.29, 1.82) is 0 Å². The van der Waals surface area contributed by atoms with Crippen LogP contribution in [0.4, 0.5) is 5.82 Å². The van der Waals surface area contributed by atoms with Crippen LogP contribution in [0.3, 0.4) is 0 Å². The number of nitrogens with one attached hydrogen (secondary N) is 2. The van der Waals surface area contributed by atoms with Crippen molar-refractivity contribution >= 4 is 15.8 Å². The third-order valence-corrected chi connectivity index (χ3v) is 4.73. The Bertz CT molecular complexity index is 682. The number of anilines is 1. The molecule has 0 saturated heterocycles. The molecule has 1 aromatic carbocycles. The standard InChI is InChI=1S/C14H18N4O2S/c1-11-4-3-5-12(2)14(11)21(19,20)18-9-8-17-13-10-15-6-7-16-13/h3-7,10,18H,8-9H2,1-2H3,(H,16,17). The van der Waals surface area contributed by atoms with Gasteiger partial charge in [-0.3, -0.25) is 4.98 Å². The van der Waals surface area contributed by atoms with Crippen LogP contribution in [-0.2, 0) is 10.0 Å². The minimum Gasteiger partial charge on any atom is -0.367 e.